The number of alkyl halides is 1. The molecule has 2 nitrogen and oxygen atoms in total. The van der Waals surface area contributed by atoms with E-state index in [-0.39, 0.29) is 11.3 Å². The van der Waals surface area contributed by atoms with Crippen LogP contribution in [0.25, 0.3) is 0 Å². The van der Waals surface area contributed by atoms with E-state index in [4.69, 9.17) is 11.6 Å². The summed E-state index contributed by atoms with van der Waals surface area (Å²) in [5, 5.41) is -1.75. The van der Waals surface area contributed by atoms with Crippen LogP contribution < -0.4 is 0 Å². The zero-order valence-corrected chi connectivity index (χ0v) is 11.1. The van der Waals surface area contributed by atoms with Crippen LogP contribution in [0.4, 0.5) is 8.78 Å². The zero-order chi connectivity index (χ0) is 13.3. The molecule has 1 aromatic rings. The Morgan fingerprint density at radius 3 is 2.61 bits per heavy atom. The lowest BCUT2D eigenvalue weighted by Gasteiger charge is -2.26. The summed E-state index contributed by atoms with van der Waals surface area (Å²) in [6, 6.07) is 3.02. The second-order valence-corrected chi connectivity index (χ2v) is 7.28. The average molecular weight is 295 g/mol. The molecule has 2 rings (SSSR count). The Hall–Kier alpha value is -0.680. The topological polar surface area (TPSA) is 34.1 Å². The molecule has 1 aliphatic rings. The molecule has 0 aliphatic carbocycles. The van der Waals surface area contributed by atoms with Crippen LogP contribution in [0.5, 0.6) is 0 Å². The van der Waals surface area contributed by atoms with Gasteiger partial charge in [-0.05, 0) is 18.9 Å². The number of halogens is 3. The van der Waals surface area contributed by atoms with Crippen molar-refractivity contribution in [1.82, 2.24) is 0 Å². The van der Waals surface area contributed by atoms with E-state index in [1.807, 2.05) is 0 Å². The largest absolute Gasteiger partial charge is 0.228 e. The second kappa shape index (κ2) is 5.13. The standard InChI is InChI=1S/C12H13ClF2O2S/c13-12(9-5-4-8(14)7-10(9)15)11-3-1-2-6-18(11,16)17/h4-5,7,11-12H,1-3,6H2. The van der Waals surface area contributed by atoms with Crippen molar-refractivity contribution >= 4 is 21.4 Å². The highest BCUT2D eigenvalue weighted by molar-refractivity contribution is 7.92. The van der Waals surface area contributed by atoms with Gasteiger partial charge in [-0.1, -0.05) is 12.5 Å². The van der Waals surface area contributed by atoms with E-state index in [2.05, 4.69) is 0 Å². The maximum Gasteiger partial charge on any atom is 0.154 e. The van der Waals surface area contributed by atoms with Gasteiger partial charge in [0.15, 0.2) is 9.84 Å². The van der Waals surface area contributed by atoms with E-state index in [0.29, 0.717) is 12.8 Å². The summed E-state index contributed by atoms with van der Waals surface area (Å²) in [4.78, 5) is 0. The lowest BCUT2D eigenvalue weighted by atomic mass is 10.0. The quantitative estimate of drug-likeness (QED) is 0.785. The minimum Gasteiger partial charge on any atom is -0.228 e. The molecule has 1 fully saturated rings. The maximum absolute atomic E-state index is 13.6. The molecule has 6 heteroatoms. The molecule has 0 aromatic heterocycles. The van der Waals surface area contributed by atoms with Crippen LogP contribution >= 0.6 is 11.6 Å². The molecule has 1 aliphatic heterocycles. The minimum atomic E-state index is -3.29. The number of rotatable bonds is 2. The highest BCUT2D eigenvalue weighted by atomic mass is 35.5. The van der Waals surface area contributed by atoms with Gasteiger partial charge in [-0.15, -0.1) is 11.6 Å². The van der Waals surface area contributed by atoms with E-state index >= 15 is 0 Å². The molecule has 0 saturated carbocycles. The van der Waals surface area contributed by atoms with Crippen LogP contribution in [-0.2, 0) is 9.84 Å². The monoisotopic (exact) mass is 294 g/mol. The first-order chi connectivity index (χ1) is 8.42. The van der Waals surface area contributed by atoms with E-state index < -0.39 is 32.1 Å². The molecule has 0 bridgehead atoms. The lowest BCUT2D eigenvalue weighted by molar-refractivity contribution is 0.523. The van der Waals surface area contributed by atoms with Gasteiger partial charge >= 0.3 is 0 Å². The first-order valence-electron chi connectivity index (χ1n) is 5.72. The van der Waals surface area contributed by atoms with Crippen molar-refractivity contribution in [3.8, 4) is 0 Å². The summed E-state index contributed by atoms with van der Waals surface area (Å²) in [5.41, 5.74) is 0.0496. The molecule has 1 heterocycles. The van der Waals surface area contributed by atoms with Gasteiger partial charge in [0, 0.05) is 11.6 Å². The van der Waals surface area contributed by atoms with Gasteiger partial charge < -0.3 is 0 Å². The summed E-state index contributed by atoms with van der Waals surface area (Å²) >= 11 is 6.09. The van der Waals surface area contributed by atoms with Crippen molar-refractivity contribution in [2.24, 2.45) is 0 Å². The molecule has 18 heavy (non-hydrogen) atoms. The maximum atomic E-state index is 13.6. The molecular weight excluding hydrogens is 282 g/mol. The van der Waals surface area contributed by atoms with Crippen molar-refractivity contribution in [1.29, 1.82) is 0 Å². The number of hydrogen-bond donors (Lipinski definition) is 0. The van der Waals surface area contributed by atoms with Crippen molar-refractivity contribution in [2.75, 3.05) is 5.75 Å². The van der Waals surface area contributed by atoms with Crippen LogP contribution in [0.3, 0.4) is 0 Å². The molecule has 0 amide bonds. The molecule has 0 radical (unpaired) electrons. The van der Waals surface area contributed by atoms with Crippen LogP contribution in [0.15, 0.2) is 18.2 Å². The van der Waals surface area contributed by atoms with Crippen molar-refractivity contribution in [3.05, 3.63) is 35.4 Å². The zero-order valence-electron chi connectivity index (χ0n) is 9.57. The summed E-state index contributed by atoms with van der Waals surface area (Å²) < 4.78 is 50.2. The van der Waals surface area contributed by atoms with E-state index in [9.17, 15) is 17.2 Å². The van der Waals surface area contributed by atoms with Crippen molar-refractivity contribution in [2.45, 2.75) is 29.9 Å². The molecule has 0 N–H and O–H groups in total. The van der Waals surface area contributed by atoms with Gasteiger partial charge in [0.1, 0.15) is 11.6 Å². The van der Waals surface area contributed by atoms with Crippen LogP contribution in [0.1, 0.15) is 30.2 Å². The predicted molar refractivity (Wildman–Crippen MR) is 66.4 cm³/mol. The fourth-order valence-electron chi connectivity index (χ4n) is 2.23. The first kappa shape index (κ1) is 13.7. The van der Waals surface area contributed by atoms with Crippen LogP contribution in [0, 0.1) is 11.6 Å². The third-order valence-electron chi connectivity index (χ3n) is 3.21. The van der Waals surface area contributed by atoms with Crippen LogP contribution in [0.2, 0.25) is 0 Å². The number of hydrogen-bond acceptors (Lipinski definition) is 2. The summed E-state index contributed by atoms with van der Waals surface area (Å²) in [7, 11) is -3.29. The smallest absolute Gasteiger partial charge is 0.154 e. The molecule has 0 spiro atoms. The Bertz CT molecular complexity index is 545. The third-order valence-corrected chi connectivity index (χ3v) is 6.19. The third kappa shape index (κ3) is 2.67. The van der Waals surface area contributed by atoms with Gasteiger partial charge in [0.25, 0.3) is 0 Å². The Morgan fingerprint density at radius 1 is 1.28 bits per heavy atom. The molecule has 1 saturated heterocycles. The highest BCUT2D eigenvalue weighted by Crippen LogP contribution is 2.36. The lowest BCUT2D eigenvalue weighted by Crippen LogP contribution is -2.32. The number of benzene rings is 1. The summed E-state index contributed by atoms with van der Waals surface area (Å²) in [6.07, 6.45) is 1.80. The van der Waals surface area contributed by atoms with Gasteiger partial charge in [0.05, 0.1) is 16.4 Å². The molecule has 1 aromatic carbocycles. The Balaban J connectivity index is 2.33. The Labute approximate surface area is 110 Å². The van der Waals surface area contributed by atoms with E-state index in [1.54, 1.807) is 0 Å². The molecular formula is C12H13ClF2O2S. The second-order valence-electron chi connectivity index (χ2n) is 4.47. The Morgan fingerprint density at radius 2 is 2.00 bits per heavy atom. The minimum absolute atomic E-state index is 0.0496. The highest BCUT2D eigenvalue weighted by Gasteiger charge is 2.36. The van der Waals surface area contributed by atoms with Crippen molar-refractivity contribution < 1.29 is 17.2 Å². The summed E-state index contributed by atoms with van der Waals surface area (Å²) in [5.74, 6) is -1.41. The molecule has 2 atom stereocenters. The summed E-state index contributed by atoms with van der Waals surface area (Å²) in [6.45, 7) is 0. The van der Waals surface area contributed by atoms with Gasteiger partial charge in [-0.2, -0.15) is 0 Å². The van der Waals surface area contributed by atoms with Gasteiger partial charge in [-0.25, -0.2) is 17.2 Å². The molecule has 2 unspecified atom stereocenters. The fourth-order valence-corrected chi connectivity index (χ4v) is 4.95. The fraction of sp³-hybridized carbons (Fsp3) is 0.500. The SMILES string of the molecule is O=S1(=O)CCCCC1C(Cl)c1ccc(F)cc1F. The Kier molecular flexibility index (Phi) is 3.92. The van der Waals surface area contributed by atoms with Crippen molar-refractivity contribution in [3.63, 3.8) is 0 Å². The molecule has 100 valence electrons. The average Bonchev–Trinajstić information content (AvgIpc) is 2.27. The number of sulfone groups is 1. The van der Waals surface area contributed by atoms with Crippen LogP contribution in [-0.4, -0.2) is 19.4 Å². The normalized spacial score (nSPS) is 24.7. The van der Waals surface area contributed by atoms with Gasteiger partial charge in [0.2, 0.25) is 0 Å². The predicted octanol–water partition coefficient (Wildman–Crippen LogP) is 3.21. The van der Waals surface area contributed by atoms with E-state index in [0.717, 1.165) is 18.6 Å². The van der Waals surface area contributed by atoms with Gasteiger partial charge in [-0.3, -0.25) is 0 Å². The first-order valence-corrected chi connectivity index (χ1v) is 7.87. The van der Waals surface area contributed by atoms with E-state index in [1.165, 1.54) is 6.07 Å².